The minimum Gasteiger partial charge on any atom is -0.372 e. The molecule has 5 rings (SSSR count). The number of nitrogens with two attached hydrogens (primary N) is 1. The minimum atomic E-state index is -2.03. The van der Waals surface area contributed by atoms with Crippen LogP contribution < -0.4 is 21.7 Å². The SMILES string of the molecule is NC(=O)C(=O)[C@@H](C[C@@H]1CCNC1=O)NC(=O)[C@@H](CC1CCCCC1)NC(=O)C1(O)c2ccccc2-c2ccccc21. The molecule has 2 aromatic rings. The molecule has 0 unspecified atom stereocenters. The van der Waals surface area contributed by atoms with Gasteiger partial charge in [0.15, 0.2) is 5.60 Å². The fourth-order valence-electron chi connectivity index (χ4n) is 6.54. The van der Waals surface area contributed by atoms with Gasteiger partial charge in [0.25, 0.3) is 11.8 Å². The van der Waals surface area contributed by atoms with Crippen LogP contribution in [-0.4, -0.2) is 53.1 Å². The summed E-state index contributed by atoms with van der Waals surface area (Å²) < 4.78 is 0. The van der Waals surface area contributed by atoms with E-state index in [1.54, 1.807) is 24.3 Å². The lowest BCUT2D eigenvalue weighted by atomic mass is 9.84. The van der Waals surface area contributed by atoms with Gasteiger partial charge in [-0.05, 0) is 36.3 Å². The second-order valence-corrected chi connectivity index (χ2v) is 11.4. The summed E-state index contributed by atoms with van der Waals surface area (Å²) in [6.45, 7) is 0.441. The number of rotatable bonds is 10. The lowest BCUT2D eigenvalue weighted by Gasteiger charge is -2.31. The van der Waals surface area contributed by atoms with Gasteiger partial charge in [0.1, 0.15) is 6.04 Å². The summed E-state index contributed by atoms with van der Waals surface area (Å²) in [5.74, 6) is -4.28. The summed E-state index contributed by atoms with van der Waals surface area (Å²) in [6.07, 6.45) is 5.60. The largest absolute Gasteiger partial charge is 0.372 e. The van der Waals surface area contributed by atoms with E-state index >= 15 is 0 Å². The maximum Gasteiger partial charge on any atom is 0.287 e. The van der Waals surface area contributed by atoms with Gasteiger partial charge in [-0.15, -0.1) is 0 Å². The first-order valence-electron chi connectivity index (χ1n) is 14.3. The number of carbonyl (C=O) groups is 5. The Morgan fingerprint density at radius 1 is 0.878 bits per heavy atom. The molecule has 216 valence electrons. The average Bonchev–Trinajstić information content (AvgIpc) is 3.51. The van der Waals surface area contributed by atoms with Crippen molar-refractivity contribution in [1.82, 2.24) is 16.0 Å². The van der Waals surface area contributed by atoms with E-state index < -0.39 is 47.1 Å². The first kappa shape index (κ1) is 28.5. The van der Waals surface area contributed by atoms with Crippen LogP contribution in [0.15, 0.2) is 48.5 Å². The molecule has 4 amide bonds. The number of carbonyl (C=O) groups excluding carboxylic acids is 5. The molecule has 10 nitrogen and oxygen atoms in total. The van der Waals surface area contributed by atoms with Crippen molar-refractivity contribution in [3.63, 3.8) is 0 Å². The Labute approximate surface area is 238 Å². The van der Waals surface area contributed by atoms with Gasteiger partial charge in [-0.25, -0.2) is 0 Å². The summed E-state index contributed by atoms with van der Waals surface area (Å²) in [7, 11) is 0. The molecule has 0 radical (unpaired) electrons. The summed E-state index contributed by atoms with van der Waals surface area (Å²) in [5, 5.41) is 20.1. The number of aliphatic hydroxyl groups is 1. The van der Waals surface area contributed by atoms with Crippen molar-refractivity contribution in [3.8, 4) is 11.1 Å². The Morgan fingerprint density at radius 2 is 1.49 bits per heavy atom. The number of ketones is 1. The van der Waals surface area contributed by atoms with E-state index in [4.69, 9.17) is 5.73 Å². The highest BCUT2D eigenvalue weighted by molar-refractivity contribution is 6.38. The molecule has 2 aliphatic carbocycles. The van der Waals surface area contributed by atoms with Crippen LogP contribution in [0.3, 0.4) is 0 Å². The van der Waals surface area contributed by atoms with E-state index in [2.05, 4.69) is 16.0 Å². The molecule has 6 N–H and O–H groups in total. The third-order valence-electron chi connectivity index (χ3n) is 8.73. The van der Waals surface area contributed by atoms with Gasteiger partial charge in [-0.3, -0.25) is 24.0 Å². The molecule has 0 bridgehead atoms. The lowest BCUT2D eigenvalue weighted by molar-refractivity contribution is -0.141. The number of benzene rings is 2. The number of amides is 4. The monoisotopic (exact) mass is 560 g/mol. The highest BCUT2D eigenvalue weighted by Gasteiger charge is 2.49. The van der Waals surface area contributed by atoms with E-state index in [1.807, 2.05) is 24.3 Å². The highest BCUT2D eigenvalue weighted by Crippen LogP contribution is 2.47. The standard InChI is InChI=1S/C31H36N4O6/c32-27(37)26(36)24(17-19-14-15-33-28(19)38)34-29(39)25(16-18-8-2-1-3-9-18)35-30(40)31(41)22-12-6-4-10-20(22)21-11-5-7-13-23(21)31/h4-7,10-13,18-19,24-25,41H,1-3,8-9,14-17H2,(H2,32,37)(H,33,38)(H,34,39)(H,35,40)/t19-,24+,25+/m0/s1. The maximum atomic E-state index is 14.0. The Morgan fingerprint density at radius 3 is 2.05 bits per heavy atom. The number of fused-ring (bicyclic) bond motifs is 3. The van der Waals surface area contributed by atoms with Crippen LogP contribution in [0.2, 0.25) is 0 Å². The Balaban J connectivity index is 1.42. The van der Waals surface area contributed by atoms with Crippen LogP contribution in [0.1, 0.15) is 62.5 Å². The van der Waals surface area contributed by atoms with Crippen molar-refractivity contribution in [2.45, 2.75) is 69.1 Å². The Hall–Kier alpha value is -4.05. The molecule has 1 saturated heterocycles. The molecule has 41 heavy (non-hydrogen) atoms. The number of hydrogen-bond donors (Lipinski definition) is 5. The molecule has 3 aliphatic rings. The molecule has 10 heteroatoms. The van der Waals surface area contributed by atoms with E-state index in [1.165, 1.54) is 0 Å². The second-order valence-electron chi connectivity index (χ2n) is 11.4. The van der Waals surface area contributed by atoms with Crippen molar-refractivity contribution in [3.05, 3.63) is 59.7 Å². The predicted molar refractivity (Wildman–Crippen MR) is 150 cm³/mol. The summed E-state index contributed by atoms with van der Waals surface area (Å²) in [5.41, 5.74) is 5.56. The Bertz CT molecular complexity index is 1320. The van der Waals surface area contributed by atoms with Gasteiger partial charge in [-0.2, -0.15) is 0 Å². The van der Waals surface area contributed by atoms with Gasteiger partial charge in [0.05, 0.1) is 6.04 Å². The number of Topliss-reactive ketones (excluding diaryl/α,β-unsaturated/α-hetero) is 1. The molecule has 0 spiro atoms. The smallest absolute Gasteiger partial charge is 0.287 e. The normalized spacial score (nSPS) is 20.7. The van der Waals surface area contributed by atoms with Crippen molar-refractivity contribution < 1.29 is 29.1 Å². The van der Waals surface area contributed by atoms with Crippen LogP contribution >= 0.6 is 0 Å². The van der Waals surface area contributed by atoms with Gasteiger partial charge >= 0.3 is 0 Å². The molecular formula is C31H36N4O6. The molecule has 1 saturated carbocycles. The molecule has 3 atom stereocenters. The average molecular weight is 561 g/mol. The number of hydrogen-bond acceptors (Lipinski definition) is 6. The zero-order valence-electron chi connectivity index (χ0n) is 22.9. The maximum absolute atomic E-state index is 14.0. The van der Waals surface area contributed by atoms with Gasteiger partial charge in [0.2, 0.25) is 17.6 Å². The third kappa shape index (κ3) is 5.61. The van der Waals surface area contributed by atoms with Crippen molar-refractivity contribution in [2.24, 2.45) is 17.6 Å². The number of nitrogens with one attached hydrogen (secondary N) is 3. The van der Waals surface area contributed by atoms with Gasteiger partial charge in [-0.1, -0.05) is 80.6 Å². The van der Waals surface area contributed by atoms with Gasteiger partial charge in [0, 0.05) is 23.6 Å². The first-order valence-corrected chi connectivity index (χ1v) is 14.3. The van der Waals surface area contributed by atoms with Crippen molar-refractivity contribution >= 4 is 29.4 Å². The first-order chi connectivity index (χ1) is 19.7. The van der Waals surface area contributed by atoms with Gasteiger partial charge < -0.3 is 26.8 Å². The molecule has 1 heterocycles. The molecule has 1 aliphatic heterocycles. The van der Waals surface area contributed by atoms with Crippen LogP contribution in [-0.2, 0) is 29.6 Å². The topological polar surface area (TPSA) is 168 Å². The fraction of sp³-hybridized carbons (Fsp3) is 0.452. The van der Waals surface area contributed by atoms with E-state index in [9.17, 15) is 29.1 Å². The predicted octanol–water partition coefficient (Wildman–Crippen LogP) is 1.42. The third-order valence-corrected chi connectivity index (χ3v) is 8.73. The summed E-state index contributed by atoms with van der Waals surface area (Å²) in [4.78, 5) is 64.4. The fourth-order valence-corrected chi connectivity index (χ4v) is 6.54. The summed E-state index contributed by atoms with van der Waals surface area (Å²) in [6, 6.07) is 11.8. The quantitative estimate of drug-likeness (QED) is 0.276. The number of primary amides is 1. The lowest BCUT2D eigenvalue weighted by Crippen LogP contribution is -2.57. The van der Waals surface area contributed by atoms with Crippen LogP contribution in [0, 0.1) is 11.8 Å². The van der Waals surface area contributed by atoms with E-state index in [0.717, 1.165) is 43.2 Å². The zero-order valence-corrected chi connectivity index (χ0v) is 22.9. The second kappa shape index (κ2) is 11.8. The molecule has 2 aromatic carbocycles. The zero-order chi connectivity index (χ0) is 29.1. The van der Waals surface area contributed by atoms with E-state index in [0.29, 0.717) is 30.5 Å². The molecular weight excluding hydrogens is 524 g/mol. The highest BCUT2D eigenvalue weighted by atomic mass is 16.3. The minimum absolute atomic E-state index is 0.0753. The van der Waals surface area contributed by atoms with Crippen LogP contribution in [0.5, 0.6) is 0 Å². The molecule has 0 aromatic heterocycles. The molecule has 2 fully saturated rings. The van der Waals surface area contributed by atoms with Crippen LogP contribution in [0.4, 0.5) is 0 Å². The Kier molecular flexibility index (Phi) is 8.21. The van der Waals surface area contributed by atoms with Crippen molar-refractivity contribution in [1.29, 1.82) is 0 Å². The summed E-state index contributed by atoms with van der Waals surface area (Å²) >= 11 is 0. The van der Waals surface area contributed by atoms with E-state index in [-0.39, 0.29) is 18.2 Å². The van der Waals surface area contributed by atoms with Crippen molar-refractivity contribution in [2.75, 3.05) is 6.54 Å². The van der Waals surface area contributed by atoms with Crippen LogP contribution in [0.25, 0.3) is 11.1 Å².